The zero-order valence-electron chi connectivity index (χ0n) is 8.34. The minimum Gasteiger partial charge on any atom is -0.387 e. The second-order valence-corrected chi connectivity index (χ2v) is 4.77. The van der Waals surface area contributed by atoms with Gasteiger partial charge in [0, 0.05) is 16.2 Å². The third-order valence-electron chi connectivity index (χ3n) is 2.57. The molecule has 0 aromatic carbocycles. The Kier molecular flexibility index (Phi) is 2.90. The third kappa shape index (κ3) is 1.84. The molecule has 2 heteroatoms. The third-order valence-corrected chi connectivity index (χ3v) is 3.90. The van der Waals surface area contributed by atoms with E-state index in [0.29, 0.717) is 6.42 Å². The molecule has 0 bridgehead atoms. The maximum atomic E-state index is 9.82. The Bertz CT molecular complexity index is 359. The molecule has 1 aromatic heterocycles. The fourth-order valence-corrected chi connectivity index (χ4v) is 3.06. The number of fused-ring (bicyclic) bond motifs is 1. The highest BCUT2D eigenvalue weighted by atomic mass is 32.1. The van der Waals surface area contributed by atoms with Gasteiger partial charge in [0.25, 0.3) is 0 Å². The average molecular weight is 206 g/mol. The van der Waals surface area contributed by atoms with Gasteiger partial charge in [0.2, 0.25) is 0 Å². The maximum Gasteiger partial charge on any atom is 0.0990 e. The molecular weight excluding hydrogens is 192 g/mol. The van der Waals surface area contributed by atoms with E-state index in [1.54, 1.807) is 18.3 Å². The summed E-state index contributed by atoms with van der Waals surface area (Å²) < 4.78 is 0. The van der Waals surface area contributed by atoms with Gasteiger partial charge in [0.15, 0.2) is 0 Å². The maximum absolute atomic E-state index is 9.82. The van der Waals surface area contributed by atoms with Gasteiger partial charge >= 0.3 is 0 Å². The molecule has 1 aromatic rings. The number of hydrogen-bond donors (Lipinski definition) is 1. The Hall–Kier alpha value is -0.780. The molecule has 1 aliphatic carbocycles. The average Bonchev–Trinajstić information content (AvgIpc) is 2.72. The number of aryl methyl sites for hydroxylation is 2. The Balaban J connectivity index is 2.11. The van der Waals surface area contributed by atoms with Crippen LogP contribution in [0.1, 0.15) is 41.2 Å². The highest BCUT2D eigenvalue weighted by Gasteiger charge is 2.17. The van der Waals surface area contributed by atoms with Crippen molar-refractivity contribution in [1.29, 1.82) is 0 Å². The van der Waals surface area contributed by atoms with Crippen molar-refractivity contribution in [3.05, 3.63) is 21.4 Å². The minimum absolute atomic E-state index is 0.377. The summed E-state index contributed by atoms with van der Waals surface area (Å²) in [5.74, 6) is 5.73. The number of aliphatic hydroxyl groups excluding tert-OH is 1. The van der Waals surface area contributed by atoms with Crippen LogP contribution in [0.3, 0.4) is 0 Å². The van der Waals surface area contributed by atoms with Gasteiger partial charge in [-0.25, -0.2) is 0 Å². The van der Waals surface area contributed by atoms with Crippen LogP contribution in [-0.4, -0.2) is 5.11 Å². The van der Waals surface area contributed by atoms with Gasteiger partial charge in [0.1, 0.15) is 0 Å². The molecule has 0 spiro atoms. The van der Waals surface area contributed by atoms with Gasteiger partial charge in [-0.1, -0.05) is 0 Å². The van der Waals surface area contributed by atoms with Crippen molar-refractivity contribution in [2.75, 3.05) is 0 Å². The molecule has 0 radical (unpaired) electrons. The zero-order valence-corrected chi connectivity index (χ0v) is 9.16. The largest absolute Gasteiger partial charge is 0.387 e. The fraction of sp³-hybridized carbons (Fsp3) is 0.500. The van der Waals surface area contributed by atoms with E-state index in [0.717, 1.165) is 4.88 Å². The lowest BCUT2D eigenvalue weighted by Gasteiger charge is -2.02. The van der Waals surface area contributed by atoms with Gasteiger partial charge < -0.3 is 5.11 Å². The van der Waals surface area contributed by atoms with Gasteiger partial charge in [-0.2, -0.15) is 0 Å². The topological polar surface area (TPSA) is 20.2 Å². The molecule has 0 saturated carbocycles. The Morgan fingerprint density at radius 1 is 1.57 bits per heavy atom. The number of hydrogen-bond acceptors (Lipinski definition) is 2. The number of aliphatic hydroxyl groups is 1. The second-order valence-electron chi connectivity index (χ2n) is 3.60. The van der Waals surface area contributed by atoms with Crippen LogP contribution in [0.2, 0.25) is 0 Å². The fourth-order valence-electron chi connectivity index (χ4n) is 1.82. The molecule has 1 heterocycles. The molecule has 2 rings (SSSR count). The van der Waals surface area contributed by atoms with Crippen LogP contribution in [0.25, 0.3) is 0 Å². The van der Waals surface area contributed by atoms with E-state index in [2.05, 4.69) is 17.9 Å². The van der Waals surface area contributed by atoms with Crippen LogP contribution in [0.15, 0.2) is 6.07 Å². The van der Waals surface area contributed by atoms with E-state index >= 15 is 0 Å². The first-order chi connectivity index (χ1) is 6.81. The van der Waals surface area contributed by atoms with Crippen LogP contribution >= 0.6 is 11.3 Å². The molecule has 1 unspecified atom stereocenters. The lowest BCUT2D eigenvalue weighted by Crippen LogP contribution is -1.92. The first-order valence-corrected chi connectivity index (χ1v) is 5.82. The summed E-state index contributed by atoms with van der Waals surface area (Å²) in [5.41, 5.74) is 1.45. The SMILES string of the molecule is CC#CCC(O)c1cc2c(s1)CCC2. The van der Waals surface area contributed by atoms with E-state index in [4.69, 9.17) is 0 Å². The van der Waals surface area contributed by atoms with Crippen molar-refractivity contribution in [1.82, 2.24) is 0 Å². The van der Waals surface area contributed by atoms with Gasteiger partial charge in [-0.05, 0) is 37.8 Å². The lowest BCUT2D eigenvalue weighted by molar-refractivity contribution is 0.188. The molecule has 0 fully saturated rings. The molecule has 1 aliphatic rings. The standard InChI is InChI=1S/C12H14OS/c1-2-3-6-10(13)12-8-9-5-4-7-11(9)14-12/h8,10,13H,4-7H2,1H3. The molecule has 1 nitrogen and oxygen atoms in total. The predicted octanol–water partition coefficient (Wildman–Crippen LogP) is 2.68. The minimum atomic E-state index is -0.377. The summed E-state index contributed by atoms with van der Waals surface area (Å²) in [5, 5.41) is 9.82. The molecule has 1 N–H and O–H groups in total. The van der Waals surface area contributed by atoms with Crippen LogP contribution in [-0.2, 0) is 12.8 Å². The van der Waals surface area contributed by atoms with Crippen molar-refractivity contribution in [3.63, 3.8) is 0 Å². The summed E-state index contributed by atoms with van der Waals surface area (Å²) >= 11 is 1.76. The quantitative estimate of drug-likeness (QED) is 0.738. The molecular formula is C12H14OS. The Morgan fingerprint density at radius 3 is 3.14 bits per heavy atom. The monoisotopic (exact) mass is 206 g/mol. The van der Waals surface area contributed by atoms with E-state index in [9.17, 15) is 5.11 Å². The summed E-state index contributed by atoms with van der Waals surface area (Å²) in [6.45, 7) is 1.81. The van der Waals surface area contributed by atoms with Crippen molar-refractivity contribution in [3.8, 4) is 11.8 Å². The Labute approximate surface area is 88.8 Å². The van der Waals surface area contributed by atoms with Crippen LogP contribution < -0.4 is 0 Å². The van der Waals surface area contributed by atoms with Gasteiger partial charge in [-0.15, -0.1) is 23.2 Å². The number of rotatable bonds is 2. The normalized spacial score (nSPS) is 15.9. The zero-order chi connectivity index (χ0) is 9.97. The second kappa shape index (κ2) is 4.16. The van der Waals surface area contributed by atoms with Crippen LogP contribution in [0.5, 0.6) is 0 Å². The number of thiophene rings is 1. The summed E-state index contributed by atoms with van der Waals surface area (Å²) in [7, 11) is 0. The highest BCUT2D eigenvalue weighted by molar-refractivity contribution is 7.12. The summed E-state index contributed by atoms with van der Waals surface area (Å²) in [6, 6.07) is 2.16. The molecule has 0 saturated heterocycles. The van der Waals surface area contributed by atoms with E-state index < -0.39 is 0 Å². The lowest BCUT2D eigenvalue weighted by atomic mass is 10.2. The van der Waals surface area contributed by atoms with E-state index in [1.165, 1.54) is 29.7 Å². The smallest absolute Gasteiger partial charge is 0.0990 e. The van der Waals surface area contributed by atoms with Crippen molar-refractivity contribution in [2.45, 2.75) is 38.7 Å². The molecule has 74 valence electrons. The molecule has 14 heavy (non-hydrogen) atoms. The first-order valence-electron chi connectivity index (χ1n) is 5.00. The predicted molar refractivity (Wildman–Crippen MR) is 59.4 cm³/mol. The molecule has 0 aliphatic heterocycles. The van der Waals surface area contributed by atoms with Crippen LogP contribution in [0.4, 0.5) is 0 Å². The van der Waals surface area contributed by atoms with Crippen molar-refractivity contribution >= 4 is 11.3 Å². The van der Waals surface area contributed by atoms with Crippen molar-refractivity contribution in [2.24, 2.45) is 0 Å². The van der Waals surface area contributed by atoms with Crippen LogP contribution in [0, 0.1) is 11.8 Å². The highest BCUT2D eigenvalue weighted by Crippen LogP contribution is 2.34. The van der Waals surface area contributed by atoms with E-state index in [-0.39, 0.29) is 6.10 Å². The molecule has 0 amide bonds. The Morgan fingerprint density at radius 2 is 2.43 bits per heavy atom. The summed E-state index contributed by atoms with van der Waals surface area (Å²) in [6.07, 6.45) is 3.87. The van der Waals surface area contributed by atoms with Crippen molar-refractivity contribution < 1.29 is 5.11 Å². The van der Waals surface area contributed by atoms with E-state index in [1.807, 2.05) is 0 Å². The van der Waals surface area contributed by atoms with Gasteiger partial charge in [-0.3, -0.25) is 0 Å². The summed E-state index contributed by atoms with van der Waals surface area (Å²) in [4.78, 5) is 2.57. The van der Waals surface area contributed by atoms with Gasteiger partial charge in [0.05, 0.1) is 6.10 Å². The first kappa shape index (κ1) is 9.76. The molecule has 1 atom stereocenters.